The van der Waals surface area contributed by atoms with Crippen LogP contribution in [0.1, 0.15) is 24.2 Å². The van der Waals surface area contributed by atoms with Crippen molar-refractivity contribution in [3.63, 3.8) is 0 Å². The van der Waals surface area contributed by atoms with Gasteiger partial charge in [0.1, 0.15) is 0 Å². The topological polar surface area (TPSA) is 41.4 Å². The molecule has 94 valence electrons. The highest BCUT2D eigenvalue weighted by molar-refractivity contribution is 5.93. The maximum atomic E-state index is 12.1. The first-order valence-corrected chi connectivity index (χ1v) is 6.10. The fourth-order valence-electron chi connectivity index (χ4n) is 2.16. The van der Waals surface area contributed by atoms with Crippen LogP contribution in [0.4, 0.5) is 0 Å². The number of nitrogens with zero attached hydrogens (tertiary/aromatic N) is 4. The highest BCUT2D eigenvalue weighted by Gasteiger charge is 2.23. The lowest BCUT2D eigenvalue weighted by Gasteiger charge is -2.36. The Hall–Kier alpha value is -1.36. The molecule has 0 atom stereocenters. The van der Waals surface area contributed by atoms with E-state index in [1.165, 1.54) is 0 Å². The maximum Gasteiger partial charge on any atom is 0.257 e. The number of aromatic nitrogens is 2. The molecule has 0 radical (unpaired) electrons. The summed E-state index contributed by atoms with van der Waals surface area (Å²) in [5.74, 6) is 0.0986. The molecule has 0 saturated carbocycles. The maximum absolute atomic E-state index is 12.1. The third-order valence-corrected chi connectivity index (χ3v) is 3.28. The predicted molar refractivity (Wildman–Crippen MR) is 65.8 cm³/mol. The van der Waals surface area contributed by atoms with Crippen molar-refractivity contribution in [3.8, 4) is 0 Å². The molecule has 5 nitrogen and oxygen atoms in total. The Balaban J connectivity index is 1.95. The van der Waals surface area contributed by atoms with E-state index >= 15 is 0 Å². The SMILES string of the molecule is CC(C)N1CCN(C(=O)c2cnn(C)c2)CC1. The van der Waals surface area contributed by atoms with Crippen LogP contribution in [0.3, 0.4) is 0 Å². The fraction of sp³-hybridized carbons (Fsp3) is 0.667. The van der Waals surface area contributed by atoms with Crippen LogP contribution in [0.5, 0.6) is 0 Å². The minimum atomic E-state index is 0.0986. The second-order valence-corrected chi connectivity index (χ2v) is 4.82. The van der Waals surface area contributed by atoms with Crippen molar-refractivity contribution in [2.45, 2.75) is 19.9 Å². The summed E-state index contributed by atoms with van der Waals surface area (Å²) in [5, 5.41) is 4.03. The summed E-state index contributed by atoms with van der Waals surface area (Å²) < 4.78 is 1.66. The van der Waals surface area contributed by atoms with Gasteiger partial charge < -0.3 is 4.90 Å². The van der Waals surface area contributed by atoms with Gasteiger partial charge in [0.15, 0.2) is 0 Å². The highest BCUT2D eigenvalue weighted by atomic mass is 16.2. The second-order valence-electron chi connectivity index (χ2n) is 4.82. The van der Waals surface area contributed by atoms with Crippen LogP contribution in [-0.4, -0.2) is 57.7 Å². The zero-order chi connectivity index (χ0) is 12.4. The van der Waals surface area contributed by atoms with Gasteiger partial charge in [-0.2, -0.15) is 5.10 Å². The molecule has 0 aliphatic carbocycles. The van der Waals surface area contributed by atoms with Gasteiger partial charge in [0, 0.05) is 45.5 Å². The summed E-state index contributed by atoms with van der Waals surface area (Å²) >= 11 is 0. The van der Waals surface area contributed by atoms with E-state index in [-0.39, 0.29) is 5.91 Å². The first-order chi connectivity index (χ1) is 8.08. The number of hydrogen-bond acceptors (Lipinski definition) is 3. The summed E-state index contributed by atoms with van der Waals surface area (Å²) in [7, 11) is 1.83. The van der Waals surface area contributed by atoms with Crippen molar-refractivity contribution in [3.05, 3.63) is 18.0 Å². The molecule has 1 aromatic heterocycles. The van der Waals surface area contributed by atoms with E-state index in [2.05, 4.69) is 23.8 Å². The minimum absolute atomic E-state index is 0.0986. The largest absolute Gasteiger partial charge is 0.336 e. The van der Waals surface area contributed by atoms with Crippen molar-refractivity contribution >= 4 is 5.91 Å². The van der Waals surface area contributed by atoms with Gasteiger partial charge >= 0.3 is 0 Å². The molecule has 1 amide bonds. The van der Waals surface area contributed by atoms with Crippen LogP contribution in [0, 0.1) is 0 Å². The molecular formula is C12H20N4O. The van der Waals surface area contributed by atoms with Crippen LogP contribution in [0.15, 0.2) is 12.4 Å². The van der Waals surface area contributed by atoms with E-state index in [1.54, 1.807) is 17.1 Å². The summed E-state index contributed by atoms with van der Waals surface area (Å²) in [5.41, 5.74) is 0.686. The molecule has 2 rings (SSSR count). The van der Waals surface area contributed by atoms with E-state index in [9.17, 15) is 4.79 Å². The Morgan fingerprint density at radius 2 is 1.94 bits per heavy atom. The van der Waals surface area contributed by atoms with E-state index in [0.29, 0.717) is 11.6 Å². The molecule has 1 fully saturated rings. The summed E-state index contributed by atoms with van der Waals surface area (Å²) in [4.78, 5) is 16.5. The van der Waals surface area contributed by atoms with Crippen LogP contribution in [0.25, 0.3) is 0 Å². The Kier molecular flexibility index (Phi) is 3.47. The quantitative estimate of drug-likeness (QED) is 0.754. The Labute approximate surface area is 102 Å². The molecule has 17 heavy (non-hydrogen) atoms. The zero-order valence-electron chi connectivity index (χ0n) is 10.8. The lowest BCUT2D eigenvalue weighted by molar-refractivity contribution is 0.0595. The molecule has 0 spiro atoms. The van der Waals surface area contributed by atoms with E-state index in [1.807, 2.05) is 11.9 Å². The van der Waals surface area contributed by atoms with Crippen molar-refractivity contribution in [2.24, 2.45) is 7.05 Å². The van der Waals surface area contributed by atoms with E-state index in [4.69, 9.17) is 0 Å². The highest BCUT2D eigenvalue weighted by Crippen LogP contribution is 2.09. The number of aryl methyl sites for hydroxylation is 1. The van der Waals surface area contributed by atoms with E-state index < -0.39 is 0 Å². The van der Waals surface area contributed by atoms with Crippen molar-refractivity contribution in [1.82, 2.24) is 19.6 Å². The normalized spacial score (nSPS) is 17.8. The second kappa shape index (κ2) is 4.87. The van der Waals surface area contributed by atoms with Gasteiger partial charge in [0.25, 0.3) is 5.91 Å². The molecule has 0 aromatic carbocycles. The molecule has 1 aromatic rings. The molecule has 1 aliphatic rings. The first kappa shape index (κ1) is 12.1. The Morgan fingerprint density at radius 3 is 2.41 bits per heavy atom. The lowest BCUT2D eigenvalue weighted by Crippen LogP contribution is -2.50. The van der Waals surface area contributed by atoms with Gasteiger partial charge in [-0.25, -0.2) is 0 Å². The molecule has 0 unspecified atom stereocenters. The fourth-order valence-corrected chi connectivity index (χ4v) is 2.16. The number of hydrogen-bond donors (Lipinski definition) is 0. The number of carbonyl (C=O) groups is 1. The van der Waals surface area contributed by atoms with Gasteiger partial charge in [-0.15, -0.1) is 0 Å². The smallest absolute Gasteiger partial charge is 0.257 e. The van der Waals surface area contributed by atoms with Gasteiger partial charge in [0.2, 0.25) is 0 Å². The molecule has 5 heteroatoms. The molecule has 0 bridgehead atoms. The Bertz CT molecular complexity index is 391. The number of rotatable bonds is 2. The van der Waals surface area contributed by atoms with E-state index in [0.717, 1.165) is 26.2 Å². The van der Waals surface area contributed by atoms with Gasteiger partial charge in [0.05, 0.1) is 11.8 Å². The predicted octanol–water partition coefficient (Wildman–Crippen LogP) is 0.586. The number of amides is 1. The summed E-state index contributed by atoms with van der Waals surface area (Å²) in [6.07, 6.45) is 3.41. The van der Waals surface area contributed by atoms with Crippen molar-refractivity contribution < 1.29 is 4.79 Å². The molecule has 1 aliphatic heterocycles. The van der Waals surface area contributed by atoms with Gasteiger partial charge in [-0.05, 0) is 13.8 Å². The van der Waals surface area contributed by atoms with Gasteiger partial charge in [-0.3, -0.25) is 14.4 Å². The minimum Gasteiger partial charge on any atom is -0.336 e. The summed E-state index contributed by atoms with van der Waals surface area (Å²) in [6.45, 7) is 7.93. The van der Waals surface area contributed by atoms with Crippen LogP contribution in [0.2, 0.25) is 0 Å². The first-order valence-electron chi connectivity index (χ1n) is 6.10. The molecule has 0 N–H and O–H groups in total. The lowest BCUT2D eigenvalue weighted by atomic mass is 10.2. The molecule has 1 saturated heterocycles. The third kappa shape index (κ3) is 2.66. The molecule has 2 heterocycles. The third-order valence-electron chi connectivity index (χ3n) is 3.28. The van der Waals surface area contributed by atoms with Crippen molar-refractivity contribution in [2.75, 3.05) is 26.2 Å². The van der Waals surface area contributed by atoms with Crippen molar-refractivity contribution in [1.29, 1.82) is 0 Å². The van der Waals surface area contributed by atoms with Crippen LogP contribution >= 0.6 is 0 Å². The molecular weight excluding hydrogens is 216 g/mol. The zero-order valence-corrected chi connectivity index (χ0v) is 10.8. The number of piperazine rings is 1. The summed E-state index contributed by atoms with van der Waals surface area (Å²) in [6, 6.07) is 0.561. The Morgan fingerprint density at radius 1 is 1.29 bits per heavy atom. The standard InChI is InChI=1S/C12H20N4O/c1-10(2)15-4-6-16(7-5-15)12(17)11-8-13-14(3)9-11/h8-10H,4-7H2,1-3H3. The van der Waals surface area contributed by atoms with Gasteiger partial charge in [-0.1, -0.05) is 0 Å². The monoisotopic (exact) mass is 236 g/mol. The number of carbonyl (C=O) groups excluding carboxylic acids is 1. The average molecular weight is 236 g/mol. The van der Waals surface area contributed by atoms with Crippen LogP contribution < -0.4 is 0 Å². The van der Waals surface area contributed by atoms with Crippen LogP contribution in [-0.2, 0) is 7.05 Å². The average Bonchev–Trinajstić information content (AvgIpc) is 2.75.